The first-order chi connectivity index (χ1) is 10.0. The molecule has 0 atom stereocenters. The van der Waals surface area contributed by atoms with Gasteiger partial charge in [-0.15, -0.1) is 0 Å². The molecule has 0 bridgehead atoms. The molecule has 7 heteroatoms. The van der Waals surface area contributed by atoms with Crippen molar-refractivity contribution in [1.29, 1.82) is 5.26 Å². The van der Waals surface area contributed by atoms with Gasteiger partial charge in [-0.3, -0.25) is 0 Å². The van der Waals surface area contributed by atoms with Crippen LogP contribution in [-0.2, 0) is 10.0 Å². The second-order valence-electron chi connectivity index (χ2n) is 4.46. The Hall–Kier alpha value is -2.72. The molecule has 0 spiro atoms. The van der Waals surface area contributed by atoms with Crippen LogP contribution in [-0.4, -0.2) is 22.4 Å². The summed E-state index contributed by atoms with van der Waals surface area (Å²) < 4.78 is 26.5. The second kappa shape index (κ2) is 4.68. The maximum Gasteiger partial charge on any atom is 0.269 e. The van der Waals surface area contributed by atoms with Gasteiger partial charge in [-0.05, 0) is 24.6 Å². The van der Waals surface area contributed by atoms with Gasteiger partial charge in [0.25, 0.3) is 10.0 Å². The summed E-state index contributed by atoms with van der Waals surface area (Å²) in [4.78, 5) is 8.28. The van der Waals surface area contributed by atoms with E-state index in [0.29, 0.717) is 11.1 Å². The first-order valence-corrected chi connectivity index (χ1v) is 7.53. The number of benzene rings is 1. The third kappa shape index (κ3) is 2.06. The van der Waals surface area contributed by atoms with Crippen molar-refractivity contribution in [2.24, 2.45) is 0 Å². The van der Waals surface area contributed by atoms with Crippen molar-refractivity contribution in [2.75, 3.05) is 0 Å². The Balaban J connectivity index is 2.26. The van der Waals surface area contributed by atoms with Crippen LogP contribution in [0.3, 0.4) is 0 Å². The normalized spacial score (nSPS) is 11.4. The first kappa shape index (κ1) is 13.3. The zero-order valence-electron chi connectivity index (χ0n) is 11.1. The van der Waals surface area contributed by atoms with E-state index in [-0.39, 0.29) is 16.2 Å². The topological polar surface area (TPSA) is 88.6 Å². The van der Waals surface area contributed by atoms with Gasteiger partial charge in [-0.2, -0.15) is 5.26 Å². The van der Waals surface area contributed by atoms with Gasteiger partial charge in [-0.25, -0.2) is 22.4 Å². The van der Waals surface area contributed by atoms with E-state index in [9.17, 15) is 8.42 Å². The molecule has 3 aromatic rings. The summed E-state index contributed by atoms with van der Waals surface area (Å²) in [5, 5.41) is 8.80. The molecule has 0 aliphatic rings. The molecule has 0 aliphatic heterocycles. The summed E-state index contributed by atoms with van der Waals surface area (Å²) in [5.41, 5.74) is 1.37. The maximum absolute atomic E-state index is 12.7. The molecule has 21 heavy (non-hydrogen) atoms. The number of hydrogen-bond acceptors (Lipinski definition) is 5. The van der Waals surface area contributed by atoms with Crippen molar-refractivity contribution in [3.8, 4) is 6.07 Å². The van der Waals surface area contributed by atoms with Gasteiger partial charge in [0.15, 0.2) is 11.3 Å². The monoisotopic (exact) mass is 298 g/mol. The Bertz CT molecular complexity index is 984. The zero-order chi connectivity index (χ0) is 15.0. The second-order valence-corrected chi connectivity index (χ2v) is 6.24. The maximum atomic E-state index is 12.7. The summed E-state index contributed by atoms with van der Waals surface area (Å²) in [6, 6.07) is 10.1. The molecular formula is C14H10N4O2S. The van der Waals surface area contributed by atoms with Gasteiger partial charge >= 0.3 is 0 Å². The third-order valence-electron chi connectivity index (χ3n) is 3.10. The minimum atomic E-state index is -3.74. The highest BCUT2D eigenvalue weighted by atomic mass is 32.2. The molecule has 6 nitrogen and oxygen atoms in total. The number of aryl methyl sites for hydroxylation is 1. The quantitative estimate of drug-likeness (QED) is 0.720. The smallest absolute Gasteiger partial charge is 0.233 e. The van der Waals surface area contributed by atoms with E-state index in [1.807, 2.05) is 6.07 Å². The van der Waals surface area contributed by atoms with Crippen LogP contribution >= 0.6 is 0 Å². The molecule has 104 valence electrons. The van der Waals surface area contributed by atoms with E-state index < -0.39 is 10.0 Å². The molecule has 0 saturated carbocycles. The molecule has 0 N–H and O–H groups in total. The van der Waals surface area contributed by atoms with Gasteiger partial charge < -0.3 is 0 Å². The van der Waals surface area contributed by atoms with Gasteiger partial charge in [0.2, 0.25) is 0 Å². The van der Waals surface area contributed by atoms with Crippen LogP contribution in [0.25, 0.3) is 11.2 Å². The molecule has 0 unspecified atom stereocenters. The summed E-state index contributed by atoms with van der Waals surface area (Å²) in [6.45, 7) is 1.73. The molecule has 0 aliphatic carbocycles. The van der Waals surface area contributed by atoms with Gasteiger partial charge in [0, 0.05) is 6.20 Å². The molecule has 3 rings (SSSR count). The Kier molecular flexibility index (Phi) is 2.96. The minimum absolute atomic E-state index is 0.147. The van der Waals surface area contributed by atoms with Crippen LogP contribution in [0.15, 0.2) is 47.6 Å². The number of aromatic nitrogens is 3. The lowest BCUT2D eigenvalue weighted by atomic mass is 10.2. The Morgan fingerprint density at radius 3 is 2.71 bits per heavy atom. The average molecular weight is 298 g/mol. The van der Waals surface area contributed by atoms with E-state index in [1.165, 1.54) is 18.5 Å². The van der Waals surface area contributed by atoms with Gasteiger partial charge in [-0.1, -0.05) is 18.2 Å². The van der Waals surface area contributed by atoms with Crippen LogP contribution in [0, 0.1) is 18.3 Å². The van der Waals surface area contributed by atoms with Crippen molar-refractivity contribution in [2.45, 2.75) is 11.8 Å². The van der Waals surface area contributed by atoms with Crippen LogP contribution in [0.5, 0.6) is 0 Å². The standard InChI is InChI=1S/C14H10N4O2S/c1-10-4-2-3-5-13(10)21(19,20)18-7-6-12-14(18)16-9-11(8-15)17-12/h2-7,9H,1H3. The Morgan fingerprint density at radius 1 is 1.24 bits per heavy atom. The summed E-state index contributed by atoms with van der Waals surface area (Å²) >= 11 is 0. The van der Waals surface area contributed by atoms with Crippen LogP contribution in [0.1, 0.15) is 11.3 Å². The number of rotatable bonds is 2. The number of nitrogens with zero attached hydrogens (tertiary/aromatic N) is 4. The lowest BCUT2D eigenvalue weighted by molar-refractivity contribution is 0.588. The predicted molar refractivity (Wildman–Crippen MR) is 76.0 cm³/mol. The lowest BCUT2D eigenvalue weighted by Crippen LogP contribution is -2.13. The highest BCUT2D eigenvalue weighted by Gasteiger charge is 2.21. The zero-order valence-corrected chi connectivity index (χ0v) is 11.9. The molecule has 2 aromatic heterocycles. The molecule has 1 aromatic carbocycles. The first-order valence-electron chi connectivity index (χ1n) is 6.09. The number of fused-ring (bicyclic) bond motifs is 1. The van der Waals surface area contributed by atoms with E-state index in [4.69, 9.17) is 5.26 Å². The van der Waals surface area contributed by atoms with E-state index in [2.05, 4.69) is 9.97 Å². The Morgan fingerprint density at radius 2 is 2.00 bits per heavy atom. The minimum Gasteiger partial charge on any atom is -0.233 e. The third-order valence-corrected chi connectivity index (χ3v) is 4.93. The molecule has 0 fully saturated rings. The molecule has 0 radical (unpaired) electrons. The lowest BCUT2D eigenvalue weighted by Gasteiger charge is -2.09. The molecule has 0 saturated heterocycles. The summed E-state index contributed by atoms with van der Waals surface area (Å²) in [5.74, 6) is 0. The highest BCUT2D eigenvalue weighted by Crippen LogP contribution is 2.22. The molecule has 0 amide bonds. The van der Waals surface area contributed by atoms with Crippen LogP contribution in [0.2, 0.25) is 0 Å². The summed E-state index contributed by atoms with van der Waals surface area (Å²) in [6.07, 6.45) is 2.65. The highest BCUT2D eigenvalue weighted by molar-refractivity contribution is 7.90. The van der Waals surface area contributed by atoms with Gasteiger partial charge in [0.1, 0.15) is 11.6 Å². The largest absolute Gasteiger partial charge is 0.269 e. The Labute approximate surface area is 121 Å². The van der Waals surface area contributed by atoms with E-state index in [1.54, 1.807) is 31.2 Å². The van der Waals surface area contributed by atoms with Crippen molar-refractivity contribution < 1.29 is 8.42 Å². The molecular weight excluding hydrogens is 288 g/mol. The van der Waals surface area contributed by atoms with Crippen molar-refractivity contribution >= 4 is 21.2 Å². The fourth-order valence-electron chi connectivity index (χ4n) is 2.09. The fraction of sp³-hybridized carbons (Fsp3) is 0.0714. The number of hydrogen-bond donors (Lipinski definition) is 0. The van der Waals surface area contributed by atoms with Crippen LogP contribution < -0.4 is 0 Å². The summed E-state index contributed by atoms with van der Waals surface area (Å²) in [7, 11) is -3.74. The SMILES string of the molecule is Cc1ccccc1S(=O)(=O)n1ccc2nc(C#N)cnc21. The fourth-order valence-corrected chi connectivity index (χ4v) is 3.61. The van der Waals surface area contributed by atoms with Crippen molar-refractivity contribution in [1.82, 2.24) is 13.9 Å². The average Bonchev–Trinajstić information content (AvgIpc) is 2.91. The van der Waals surface area contributed by atoms with Crippen molar-refractivity contribution in [3.05, 3.63) is 54.0 Å². The van der Waals surface area contributed by atoms with E-state index >= 15 is 0 Å². The predicted octanol–water partition coefficient (Wildman–Crippen LogP) is 1.85. The van der Waals surface area contributed by atoms with Crippen molar-refractivity contribution in [3.63, 3.8) is 0 Å². The van der Waals surface area contributed by atoms with E-state index in [0.717, 1.165) is 3.97 Å². The van der Waals surface area contributed by atoms with Crippen LogP contribution in [0.4, 0.5) is 0 Å². The van der Waals surface area contributed by atoms with Gasteiger partial charge in [0.05, 0.1) is 11.1 Å². The number of nitriles is 1. The molecule has 2 heterocycles.